The molecular weight excluding hydrogens is 369 g/mol. The Balaban J connectivity index is 1.36. The molecule has 0 amide bonds. The molecule has 0 bridgehead atoms. The second-order valence-corrected chi connectivity index (χ2v) is 7.64. The molecule has 9 heteroatoms. The van der Waals surface area contributed by atoms with Gasteiger partial charge >= 0.3 is 6.18 Å². The highest BCUT2D eigenvalue weighted by Crippen LogP contribution is 2.32. The van der Waals surface area contributed by atoms with Gasteiger partial charge in [-0.25, -0.2) is 4.68 Å². The zero-order valence-corrected chi connectivity index (χ0v) is 15.8. The number of halogens is 3. The van der Waals surface area contributed by atoms with E-state index < -0.39 is 11.7 Å². The number of aromatic nitrogens is 4. The number of benzene rings is 1. The normalized spacial score (nSPS) is 19.9. The fourth-order valence-electron chi connectivity index (χ4n) is 4.17. The van der Waals surface area contributed by atoms with Gasteiger partial charge in [-0.3, -0.25) is 4.90 Å². The predicted molar refractivity (Wildman–Crippen MR) is 98.9 cm³/mol. The molecule has 1 aliphatic heterocycles. The Kier molecular flexibility index (Phi) is 5.52. The van der Waals surface area contributed by atoms with Crippen molar-refractivity contribution in [3.63, 3.8) is 0 Å². The van der Waals surface area contributed by atoms with Crippen LogP contribution in [0.15, 0.2) is 24.3 Å². The van der Waals surface area contributed by atoms with E-state index in [9.17, 15) is 13.2 Å². The lowest BCUT2D eigenvalue weighted by atomic mass is 9.95. The van der Waals surface area contributed by atoms with Crippen molar-refractivity contribution >= 4 is 5.69 Å². The predicted octanol–water partition coefficient (Wildman–Crippen LogP) is 3.52. The van der Waals surface area contributed by atoms with E-state index in [0.29, 0.717) is 31.4 Å². The smallest absolute Gasteiger partial charge is 0.369 e. The minimum Gasteiger partial charge on any atom is -0.369 e. The number of hydrogen-bond donors (Lipinski definition) is 0. The van der Waals surface area contributed by atoms with E-state index >= 15 is 0 Å². The lowest BCUT2D eigenvalue weighted by Crippen LogP contribution is -2.46. The van der Waals surface area contributed by atoms with E-state index in [1.54, 1.807) is 6.07 Å². The number of piperazine rings is 1. The van der Waals surface area contributed by atoms with Gasteiger partial charge in [0.05, 0.1) is 18.2 Å². The first kappa shape index (κ1) is 19.2. The van der Waals surface area contributed by atoms with Crippen molar-refractivity contribution in [2.24, 2.45) is 0 Å². The van der Waals surface area contributed by atoms with Crippen LogP contribution in [0.4, 0.5) is 18.9 Å². The number of alkyl halides is 3. The molecule has 4 rings (SSSR count). The van der Waals surface area contributed by atoms with Crippen molar-refractivity contribution in [2.75, 3.05) is 31.1 Å². The van der Waals surface area contributed by atoms with E-state index in [-0.39, 0.29) is 0 Å². The zero-order valence-electron chi connectivity index (χ0n) is 15.8. The monoisotopic (exact) mass is 394 g/mol. The van der Waals surface area contributed by atoms with Gasteiger partial charge < -0.3 is 4.90 Å². The molecule has 1 saturated carbocycles. The van der Waals surface area contributed by atoms with Crippen LogP contribution in [0.2, 0.25) is 0 Å². The Hall–Kier alpha value is -2.16. The highest BCUT2D eigenvalue weighted by atomic mass is 19.4. The minimum atomic E-state index is -4.31. The van der Waals surface area contributed by atoms with Crippen molar-refractivity contribution in [3.05, 3.63) is 35.7 Å². The summed E-state index contributed by atoms with van der Waals surface area (Å²) in [7, 11) is 0. The molecule has 1 aliphatic carbocycles. The molecule has 2 aromatic rings. The summed E-state index contributed by atoms with van der Waals surface area (Å²) in [5, 5.41) is 12.3. The standard InChI is InChI=1S/C19H25F3N6/c20-19(21,22)15-5-4-8-17(13-15)27-11-9-26(10-12-27)14-18-23-24-25-28(18)16-6-2-1-3-7-16/h4-5,8,13,16H,1-3,6-7,9-12,14H2. The summed E-state index contributed by atoms with van der Waals surface area (Å²) in [6.45, 7) is 3.60. The molecule has 0 spiro atoms. The Labute approximate surface area is 162 Å². The molecule has 2 fully saturated rings. The second kappa shape index (κ2) is 8.06. The summed E-state index contributed by atoms with van der Waals surface area (Å²) < 4.78 is 40.8. The van der Waals surface area contributed by atoms with Crippen molar-refractivity contribution in [1.29, 1.82) is 0 Å². The maximum absolute atomic E-state index is 13.0. The van der Waals surface area contributed by atoms with Gasteiger partial charge in [-0.1, -0.05) is 25.3 Å². The van der Waals surface area contributed by atoms with Crippen LogP contribution in [-0.4, -0.2) is 51.3 Å². The molecule has 6 nitrogen and oxygen atoms in total. The van der Waals surface area contributed by atoms with Crippen molar-refractivity contribution in [2.45, 2.75) is 50.9 Å². The third-order valence-electron chi connectivity index (χ3n) is 5.76. The summed E-state index contributed by atoms with van der Waals surface area (Å²) in [6, 6.07) is 5.96. The van der Waals surface area contributed by atoms with Crippen LogP contribution >= 0.6 is 0 Å². The number of nitrogens with zero attached hydrogens (tertiary/aromatic N) is 6. The van der Waals surface area contributed by atoms with Crippen LogP contribution < -0.4 is 4.90 Å². The van der Waals surface area contributed by atoms with Gasteiger partial charge in [-0.15, -0.1) is 5.10 Å². The van der Waals surface area contributed by atoms with Crippen molar-refractivity contribution in [3.8, 4) is 0 Å². The van der Waals surface area contributed by atoms with E-state index in [1.165, 1.54) is 31.4 Å². The third-order valence-corrected chi connectivity index (χ3v) is 5.76. The molecule has 0 radical (unpaired) electrons. The Bertz CT molecular complexity index is 776. The molecule has 2 heterocycles. The fraction of sp³-hybridized carbons (Fsp3) is 0.632. The fourth-order valence-corrected chi connectivity index (χ4v) is 4.17. The minimum absolute atomic E-state index is 0.394. The maximum Gasteiger partial charge on any atom is 0.416 e. The van der Waals surface area contributed by atoms with E-state index in [0.717, 1.165) is 37.8 Å². The Morgan fingerprint density at radius 2 is 1.75 bits per heavy atom. The zero-order chi connectivity index (χ0) is 19.6. The van der Waals surface area contributed by atoms with Crippen LogP contribution in [0.5, 0.6) is 0 Å². The molecule has 0 unspecified atom stereocenters. The van der Waals surface area contributed by atoms with Gasteiger partial charge in [-0.2, -0.15) is 13.2 Å². The molecular formula is C19H25F3N6. The molecule has 152 valence electrons. The summed E-state index contributed by atoms with van der Waals surface area (Å²) in [5.41, 5.74) is 0.0283. The Morgan fingerprint density at radius 3 is 2.46 bits per heavy atom. The highest BCUT2D eigenvalue weighted by Gasteiger charge is 2.31. The first-order chi connectivity index (χ1) is 13.5. The highest BCUT2D eigenvalue weighted by molar-refractivity contribution is 5.49. The third kappa shape index (κ3) is 4.29. The Morgan fingerprint density at radius 1 is 1.00 bits per heavy atom. The molecule has 1 aromatic carbocycles. The summed E-state index contributed by atoms with van der Waals surface area (Å²) >= 11 is 0. The topological polar surface area (TPSA) is 50.1 Å². The first-order valence-corrected chi connectivity index (χ1v) is 9.92. The molecule has 1 saturated heterocycles. The number of rotatable bonds is 4. The van der Waals surface area contributed by atoms with Crippen LogP contribution in [-0.2, 0) is 12.7 Å². The molecule has 0 atom stereocenters. The molecule has 2 aliphatic rings. The quantitative estimate of drug-likeness (QED) is 0.794. The maximum atomic E-state index is 13.0. The van der Waals surface area contributed by atoms with E-state index in [4.69, 9.17) is 0 Å². The van der Waals surface area contributed by atoms with Gasteiger partial charge in [0.1, 0.15) is 0 Å². The lowest BCUT2D eigenvalue weighted by molar-refractivity contribution is -0.137. The van der Waals surface area contributed by atoms with Gasteiger partial charge in [-0.05, 0) is 41.5 Å². The average molecular weight is 394 g/mol. The van der Waals surface area contributed by atoms with Crippen LogP contribution in [0, 0.1) is 0 Å². The van der Waals surface area contributed by atoms with Gasteiger partial charge in [0.15, 0.2) is 5.82 Å². The lowest BCUT2D eigenvalue weighted by Gasteiger charge is -2.36. The van der Waals surface area contributed by atoms with Gasteiger partial charge in [0, 0.05) is 31.9 Å². The van der Waals surface area contributed by atoms with Crippen molar-refractivity contribution in [1.82, 2.24) is 25.1 Å². The SMILES string of the molecule is FC(F)(F)c1cccc(N2CCN(Cc3nnnn3C3CCCCC3)CC2)c1. The van der Waals surface area contributed by atoms with Gasteiger partial charge in [0.25, 0.3) is 0 Å². The molecule has 0 N–H and O–H groups in total. The van der Waals surface area contributed by atoms with E-state index in [1.807, 2.05) is 9.58 Å². The summed E-state index contributed by atoms with van der Waals surface area (Å²) in [6.07, 6.45) is 1.67. The summed E-state index contributed by atoms with van der Waals surface area (Å²) in [4.78, 5) is 4.28. The van der Waals surface area contributed by atoms with Crippen LogP contribution in [0.3, 0.4) is 0 Å². The molecule has 1 aromatic heterocycles. The second-order valence-electron chi connectivity index (χ2n) is 7.64. The number of tetrazole rings is 1. The van der Waals surface area contributed by atoms with E-state index in [2.05, 4.69) is 20.4 Å². The first-order valence-electron chi connectivity index (χ1n) is 9.92. The number of hydrogen-bond acceptors (Lipinski definition) is 5. The van der Waals surface area contributed by atoms with Crippen molar-refractivity contribution < 1.29 is 13.2 Å². The average Bonchev–Trinajstić information content (AvgIpc) is 3.17. The molecule has 28 heavy (non-hydrogen) atoms. The largest absolute Gasteiger partial charge is 0.416 e. The summed E-state index contributed by atoms with van der Waals surface area (Å²) in [5.74, 6) is 0.888. The number of anilines is 1. The van der Waals surface area contributed by atoms with Gasteiger partial charge in [0.2, 0.25) is 0 Å². The van der Waals surface area contributed by atoms with Crippen LogP contribution in [0.1, 0.15) is 49.5 Å². The van der Waals surface area contributed by atoms with Crippen LogP contribution in [0.25, 0.3) is 0 Å².